The van der Waals surface area contributed by atoms with Crippen molar-refractivity contribution < 1.29 is 14.0 Å². The van der Waals surface area contributed by atoms with Gasteiger partial charge in [-0.2, -0.15) is 0 Å². The van der Waals surface area contributed by atoms with E-state index in [9.17, 15) is 14.0 Å². The number of halogens is 2. The predicted molar refractivity (Wildman–Crippen MR) is 106 cm³/mol. The van der Waals surface area contributed by atoms with Gasteiger partial charge in [-0.15, -0.1) is 12.4 Å². The Bertz CT molecular complexity index is 660. The van der Waals surface area contributed by atoms with Gasteiger partial charge in [-0.3, -0.25) is 4.79 Å². The largest absolute Gasteiger partial charge is 0.352 e. The number of piperidine rings is 2. The highest BCUT2D eigenvalue weighted by molar-refractivity contribution is 5.90. The predicted octanol–water partition coefficient (Wildman–Crippen LogP) is 2.75. The van der Waals surface area contributed by atoms with Crippen LogP contribution in [0.4, 0.5) is 14.9 Å². The summed E-state index contributed by atoms with van der Waals surface area (Å²) < 4.78 is 13.7. The van der Waals surface area contributed by atoms with Crippen molar-refractivity contribution in [3.05, 3.63) is 30.1 Å². The van der Waals surface area contributed by atoms with Gasteiger partial charge in [0.1, 0.15) is 5.82 Å². The van der Waals surface area contributed by atoms with Gasteiger partial charge in [0, 0.05) is 25.2 Å². The number of likely N-dealkylation sites (tertiary alicyclic amines) is 1. The van der Waals surface area contributed by atoms with Gasteiger partial charge < -0.3 is 20.9 Å². The van der Waals surface area contributed by atoms with Crippen molar-refractivity contribution in [2.24, 2.45) is 5.92 Å². The molecule has 3 unspecified atom stereocenters. The van der Waals surface area contributed by atoms with E-state index in [2.05, 4.69) is 22.9 Å². The quantitative estimate of drug-likeness (QED) is 0.733. The number of carbonyl (C=O) groups excluding carboxylic acids is 2. The van der Waals surface area contributed by atoms with Gasteiger partial charge in [0.25, 0.3) is 0 Å². The highest BCUT2D eigenvalue weighted by atomic mass is 35.5. The van der Waals surface area contributed by atoms with Crippen LogP contribution in [0.15, 0.2) is 24.3 Å². The van der Waals surface area contributed by atoms with Crippen LogP contribution in [0.25, 0.3) is 0 Å². The van der Waals surface area contributed by atoms with E-state index in [0.29, 0.717) is 13.1 Å². The van der Waals surface area contributed by atoms with Crippen molar-refractivity contribution in [1.82, 2.24) is 15.5 Å². The second-order valence-corrected chi connectivity index (χ2v) is 7.20. The molecule has 8 heteroatoms. The molecule has 0 bridgehead atoms. The first kappa shape index (κ1) is 21.4. The molecule has 6 nitrogen and oxygen atoms in total. The van der Waals surface area contributed by atoms with E-state index in [4.69, 9.17) is 0 Å². The molecule has 1 aromatic carbocycles. The van der Waals surface area contributed by atoms with Crippen LogP contribution >= 0.6 is 12.4 Å². The Morgan fingerprint density at radius 1 is 1.22 bits per heavy atom. The normalized spacial score (nSPS) is 25.3. The number of nitrogens with one attached hydrogen (secondary N) is 3. The van der Waals surface area contributed by atoms with E-state index in [1.165, 1.54) is 12.1 Å². The first-order chi connectivity index (χ1) is 12.5. The SMILES string of the molecule is CC1NCCCC1NC(=O)C1CCCN(C(=O)Nc2ccccc2F)C1.Cl. The first-order valence-corrected chi connectivity index (χ1v) is 9.39. The van der Waals surface area contributed by atoms with Crippen LogP contribution in [0.3, 0.4) is 0 Å². The lowest BCUT2D eigenvalue weighted by molar-refractivity contribution is -0.127. The smallest absolute Gasteiger partial charge is 0.321 e. The van der Waals surface area contributed by atoms with Crippen LogP contribution in [0.5, 0.6) is 0 Å². The van der Waals surface area contributed by atoms with E-state index >= 15 is 0 Å². The van der Waals surface area contributed by atoms with Crippen LogP contribution in [-0.4, -0.2) is 48.6 Å². The first-order valence-electron chi connectivity index (χ1n) is 9.39. The lowest BCUT2D eigenvalue weighted by atomic mass is 9.94. The monoisotopic (exact) mass is 398 g/mol. The molecule has 150 valence electrons. The van der Waals surface area contributed by atoms with Gasteiger partial charge in [0.05, 0.1) is 11.6 Å². The molecule has 27 heavy (non-hydrogen) atoms. The topological polar surface area (TPSA) is 73.5 Å². The maximum Gasteiger partial charge on any atom is 0.321 e. The number of urea groups is 1. The number of anilines is 1. The molecule has 2 fully saturated rings. The molecule has 1 aromatic rings. The number of para-hydroxylation sites is 1. The summed E-state index contributed by atoms with van der Waals surface area (Å²) in [6, 6.07) is 6.12. The Morgan fingerprint density at radius 3 is 2.74 bits per heavy atom. The molecule has 2 aliphatic heterocycles. The van der Waals surface area contributed by atoms with Crippen molar-refractivity contribution in [3.8, 4) is 0 Å². The van der Waals surface area contributed by atoms with Crippen molar-refractivity contribution in [2.45, 2.75) is 44.7 Å². The third kappa shape index (κ3) is 5.56. The van der Waals surface area contributed by atoms with Crippen molar-refractivity contribution in [2.75, 3.05) is 25.0 Å². The average Bonchev–Trinajstić information content (AvgIpc) is 2.65. The fourth-order valence-corrected chi connectivity index (χ4v) is 3.67. The fourth-order valence-electron chi connectivity index (χ4n) is 3.67. The third-order valence-electron chi connectivity index (χ3n) is 5.28. The van der Waals surface area contributed by atoms with Gasteiger partial charge in [-0.25, -0.2) is 9.18 Å². The summed E-state index contributed by atoms with van der Waals surface area (Å²) in [7, 11) is 0. The third-order valence-corrected chi connectivity index (χ3v) is 5.28. The molecule has 3 N–H and O–H groups in total. The Hall–Kier alpha value is -1.86. The minimum atomic E-state index is -0.467. The molecule has 0 spiro atoms. The van der Waals surface area contributed by atoms with Gasteiger partial charge in [0.15, 0.2) is 0 Å². The molecule has 0 saturated carbocycles. The van der Waals surface area contributed by atoms with Gasteiger partial charge in [0.2, 0.25) is 5.91 Å². The maximum atomic E-state index is 13.7. The van der Waals surface area contributed by atoms with Gasteiger partial charge in [-0.1, -0.05) is 12.1 Å². The molecule has 2 aliphatic rings. The zero-order chi connectivity index (χ0) is 18.5. The van der Waals surface area contributed by atoms with Crippen LogP contribution in [0.2, 0.25) is 0 Å². The summed E-state index contributed by atoms with van der Waals surface area (Å²) >= 11 is 0. The summed E-state index contributed by atoms with van der Waals surface area (Å²) in [6.07, 6.45) is 3.56. The molecule has 0 aromatic heterocycles. The molecule has 2 heterocycles. The van der Waals surface area contributed by atoms with E-state index in [0.717, 1.165) is 32.2 Å². The number of carbonyl (C=O) groups is 2. The van der Waals surface area contributed by atoms with Crippen molar-refractivity contribution >= 4 is 30.0 Å². The number of rotatable bonds is 3. The molecule has 3 atom stereocenters. The molecule has 3 amide bonds. The van der Waals surface area contributed by atoms with Gasteiger partial charge >= 0.3 is 6.03 Å². The summed E-state index contributed by atoms with van der Waals surface area (Å²) in [5.41, 5.74) is 0.158. The molecule has 3 rings (SSSR count). The zero-order valence-corrected chi connectivity index (χ0v) is 16.4. The molecular weight excluding hydrogens is 371 g/mol. The second kappa shape index (κ2) is 9.90. The zero-order valence-electron chi connectivity index (χ0n) is 15.5. The van der Waals surface area contributed by atoms with Crippen LogP contribution in [0, 0.1) is 11.7 Å². The van der Waals surface area contributed by atoms with Crippen LogP contribution < -0.4 is 16.0 Å². The number of benzene rings is 1. The average molecular weight is 399 g/mol. The minimum absolute atomic E-state index is 0. The summed E-state index contributed by atoms with van der Waals surface area (Å²) in [5.74, 6) is -0.677. The molecule has 0 radical (unpaired) electrons. The van der Waals surface area contributed by atoms with E-state index in [1.807, 2.05) is 0 Å². The number of amides is 3. The molecule has 2 saturated heterocycles. The highest BCUT2D eigenvalue weighted by Crippen LogP contribution is 2.20. The Balaban J connectivity index is 0.00000261. The summed E-state index contributed by atoms with van der Waals surface area (Å²) in [4.78, 5) is 26.7. The summed E-state index contributed by atoms with van der Waals surface area (Å²) in [6.45, 7) is 4.01. The standard InChI is InChI=1S/C19H27FN4O2.ClH/c1-13-16(9-4-10-21-13)22-18(25)14-6-5-11-24(12-14)19(26)23-17-8-3-2-7-15(17)20;/h2-3,7-8,13-14,16,21H,4-6,9-12H2,1H3,(H,22,25)(H,23,26);1H. The van der Waals surface area contributed by atoms with E-state index < -0.39 is 5.82 Å². The number of hydrogen-bond donors (Lipinski definition) is 3. The highest BCUT2D eigenvalue weighted by Gasteiger charge is 2.31. The van der Waals surface area contributed by atoms with Gasteiger partial charge in [-0.05, 0) is 51.3 Å². The second-order valence-electron chi connectivity index (χ2n) is 7.20. The summed E-state index contributed by atoms with van der Waals surface area (Å²) in [5, 5.41) is 9.11. The Labute approximate surface area is 165 Å². The maximum absolute atomic E-state index is 13.7. The lowest BCUT2D eigenvalue weighted by Gasteiger charge is -2.35. The van der Waals surface area contributed by atoms with Crippen molar-refractivity contribution in [3.63, 3.8) is 0 Å². The molecule has 0 aliphatic carbocycles. The van der Waals surface area contributed by atoms with Crippen LogP contribution in [0.1, 0.15) is 32.6 Å². The van der Waals surface area contributed by atoms with E-state index in [-0.39, 0.29) is 48.0 Å². The fraction of sp³-hybridized carbons (Fsp3) is 0.579. The number of hydrogen-bond acceptors (Lipinski definition) is 3. The molecular formula is C19H28ClFN4O2. The number of nitrogens with zero attached hydrogens (tertiary/aromatic N) is 1. The minimum Gasteiger partial charge on any atom is -0.352 e. The van der Waals surface area contributed by atoms with E-state index in [1.54, 1.807) is 17.0 Å². The van der Waals surface area contributed by atoms with Crippen LogP contribution in [-0.2, 0) is 4.79 Å². The lowest BCUT2D eigenvalue weighted by Crippen LogP contribution is -2.55. The Morgan fingerprint density at radius 2 is 2.00 bits per heavy atom. The Kier molecular flexibility index (Phi) is 7.86. The van der Waals surface area contributed by atoms with Crippen molar-refractivity contribution in [1.29, 1.82) is 0 Å².